The lowest BCUT2D eigenvalue weighted by Gasteiger charge is -2.15. The number of rotatable bonds is 5. The highest BCUT2D eigenvalue weighted by Gasteiger charge is 2.20. The van der Waals surface area contributed by atoms with E-state index in [9.17, 15) is 4.39 Å². The average Bonchev–Trinajstić information content (AvgIpc) is 2.95. The standard InChI is InChI=1S/C17H19FN4O/c1-17(2,18)10-21-16-20-9-13-12(5-6-14(13)22-16)11-4-7-15(23-3)19-8-11/h4-5,7-9H,6,10H2,1-3H3,(H,20,21,22). The molecule has 3 rings (SSSR count). The summed E-state index contributed by atoms with van der Waals surface area (Å²) in [6.07, 6.45) is 6.38. The maximum absolute atomic E-state index is 13.5. The van der Waals surface area contributed by atoms with Gasteiger partial charge in [-0.25, -0.2) is 19.3 Å². The zero-order valence-corrected chi connectivity index (χ0v) is 13.4. The Bertz CT molecular complexity index is 735. The van der Waals surface area contributed by atoms with Gasteiger partial charge in [-0.15, -0.1) is 0 Å². The summed E-state index contributed by atoms with van der Waals surface area (Å²) < 4.78 is 18.6. The zero-order chi connectivity index (χ0) is 16.4. The molecule has 0 aromatic carbocycles. The van der Waals surface area contributed by atoms with Gasteiger partial charge in [-0.3, -0.25) is 0 Å². The van der Waals surface area contributed by atoms with Crippen LogP contribution in [0.25, 0.3) is 5.57 Å². The Labute approximate surface area is 134 Å². The van der Waals surface area contributed by atoms with Crippen LogP contribution in [0.2, 0.25) is 0 Å². The van der Waals surface area contributed by atoms with Gasteiger partial charge in [-0.1, -0.05) is 6.08 Å². The second-order valence-corrected chi connectivity index (χ2v) is 6.04. The van der Waals surface area contributed by atoms with Crippen LogP contribution in [0.3, 0.4) is 0 Å². The van der Waals surface area contributed by atoms with E-state index in [1.54, 1.807) is 19.5 Å². The summed E-state index contributed by atoms with van der Waals surface area (Å²) in [7, 11) is 1.59. The van der Waals surface area contributed by atoms with Crippen molar-refractivity contribution in [2.24, 2.45) is 0 Å². The quantitative estimate of drug-likeness (QED) is 0.919. The predicted octanol–water partition coefficient (Wildman–Crippen LogP) is 3.03. The van der Waals surface area contributed by atoms with Crippen molar-refractivity contribution in [3.63, 3.8) is 0 Å². The Morgan fingerprint density at radius 2 is 2.09 bits per heavy atom. The van der Waals surface area contributed by atoms with E-state index >= 15 is 0 Å². The van der Waals surface area contributed by atoms with Crippen molar-refractivity contribution in [2.45, 2.75) is 25.9 Å². The van der Waals surface area contributed by atoms with Gasteiger partial charge < -0.3 is 10.1 Å². The molecule has 23 heavy (non-hydrogen) atoms. The minimum Gasteiger partial charge on any atom is -0.481 e. The van der Waals surface area contributed by atoms with Crippen molar-refractivity contribution in [1.29, 1.82) is 0 Å². The van der Waals surface area contributed by atoms with Crippen LogP contribution >= 0.6 is 0 Å². The number of fused-ring (bicyclic) bond motifs is 1. The molecule has 6 heteroatoms. The van der Waals surface area contributed by atoms with Crippen LogP contribution in [0.15, 0.2) is 30.6 Å². The van der Waals surface area contributed by atoms with E-state index < -0.39 is 5.67 Å². The van der Waals surface area contributed by atoms with Crippen LogP contribution in [-0.2, 0) is 6.42 Å². The highest BCUT2D eigenvalue weighted by atomic mass is 19.1. The molecule has 0 fully saturated rings. The van der Waals surface area contributed by atoms with Gasteiger partial charge in [0.1, 0.15) is 5.67 Å². The molecule has 0 aliphatic heterocycles. The number of halogens is 1. The molecule has 1 aliphatic rings. The van der Waals surface area contributed by atoms with E-state index in [1.807, 2.05) is 12.1 Å². The molecule has 0 radical (unpaired) electrons. The SMILES string of the molecule is COc1ccc(C2=CCc3nc(NCC(C)(C)F)ncc32)cn1. The lowest BCUT2D eigenvalue weighted by Crippen LogP contribution is -2.25. The van der Waals surface area contributed by atoms with E-state index in [1.165, 1.54) is 13.8 Å². The van der Waals surface area contributed by atoms with E-state index in [4.69, 9.17) is 4.74 Å². The second-order valence-electron chi connectivity index (χ2n) is 6.04. The van der Waals surface area contributed by atoms with Gasteiger partial charge in [-0.05, 0) is 25.5 Å². The molecule has 120 valence electrons. The summed E-state index contributed by atoms with van der Waals surface area (Å²) in [5, 5.41) is 2.93. The summed E-state index contributed by atoms with van der Waals surface area (Å²) >= 11 is 0. The molecule has 0 saturated carbocycles. The number of nitrogens with one attached hydrogen (secondary N) is 1. The fourth-order valence-corrected chi connectivity index (χ4v) is 2.41. The van der Waals surface area contributed by atoms with Crippen LogP contribution in [0.1, 0.15) is 30.7 Å². The van der Waals surface area contributed by atoms with Crippen molar-refractivity contribution in [2.75, 3.05) is 19.0 Å². The highest BCUT2D eigenvalue weighted by molar-refractivity contribution is 5.83. The van der Waals surface area contributed by atoms with Crippen molar-refractivity contribution in [3.8, 4) is 5.88 Å². The third-order valence-corrected chi connectivity index (χ3v) is 3.58. The molecule has 0 atom stereocenters. The molecule has 2 aromatic heterocycles. The topological polar surface area (TPSA) is 59.9 Å². The van der Waals surface area contributed by atoms with Crippen molar-refractivity contribution in [1.82, 2.24) is 15.0 Å². The van der Waals surface area contributed by atoms with E-state index in [-0.39, 0.29) is 6.54 Å². The number of ether oxygens (including phenoxy) is 1. The number of anilines is 1. The Balaban J connectivity index is 1.79. The number of methoxy groups -OCH3 is 1. The number of aromatic nitrogens is 3. The van der Waals surface area contributed by atoms with Gasteiger partial charge >= 0.3 is 0 Å². The third kappa shape index (κ3) is 3.47. The fraction of sp³-hybridized carbons (Fsp3) is 0.353. The second kappa shape index (κ2) is 5.95. The van der Waals surface area contributed by atoms with Gasteiger partial charge in [0.15, 0.2) is 0 Å². The van der Waals surface area contributed by atoms with Crippen LogP contribution in [0, 0.1) is 0 Å². The summed E-state index contributed by atoms with van der Waals surface area (Å²) in [5.74, 6) is 1.04. The smallest absolute Gasteiger partial charge is 0.223 e. The van der Waals surface area contributed by atoms with Crippen LogP contribution in [0.5, 0.6) is 5.88 Å². The van der Waals surface area contributed by atoms with Gasteiger partial charge in [-0.2, -0.15) is 0 Å². The lowest BCUT2D eigenvalue weighted by atomic mass is 10.0. The number of hydrogen-bond donors (Lipinski definition) is 1. The normalized spacial score (nSPS) is 13.5. The Kier molecular flexibility index (Phi) is 3.98. The van der Waals surface area contributed by atoms with Crippen LogP contribution in [0.4, 0.5) is 10.3 Å². The third-order valence-electron chi connectivity index (χ3n) is 3.58. The number of nitrogens with zero attached hydrogens (tertiary/aromatic N) is 3. The summed E-state index contributed by atoms with van der Waals surface area (Å²) in [6.45, 7) is 3.21. The molecule has 5 nitrogen and oxygen atoms in total. The van der Waals surface area contributed by atoms with E-state index in [0.717, 1.165) is 28.8 Å². The molecule has 0 spiro atoms. The summed E-state index contributed by atoms with van der Waals surface area (Å²) in [4.78, 5) is 13.0. The van der Waals surface area contributed by atoms with Crippen LogP contribution in [-0.4, -0.2) is 34.3 Å². The largest absolute Gasteiger partial charge is 0.481 e. The summed E-state index contributed by atoms with van der Waals surface area (Å²) in [6, 6.07) is 3.79. The molecular weight excluding hydrogens is 295 g/mol. The Morgan fingerprint density at radius 1 is 1.26 bits per heavy atom. The van der Waals surface area contributed by atoms with Crippen molar-refractivity contribution < 1.29 is 9.13 Å². The molecule has 0 saturated heterocycles. The highest BCUT2D eigenvalue weighted by Crippen LogP contribution is 2.31. The maximum Gasteiger partial charge on any atom is 0.223 e. The molecule has 2 heterocycles. The summed E-state index contributed by atoms with van der Waals surface area (Å²) in [5.41, 5.74) is 2.68. The number of pyridine rings is 1. The number of allylic oxidation sites excluding steroid dienone is 1. The maximum atomic E-state index is 13.5. The first-order valence-electron chi connectivity index (χ1n) is 7.46. The molecule has 0 unspecified atom stereocenters. The van der Waals surface area contributed by atoms with E-state index in [0.29, 0.717) is 11.8 Å². The van der Waals surface area contributed by atoms with Crippen LogP contribution < -0.4 is 10.1 Å². The van der Waals surface area contributed by atoms with Crippen molar-refractivity contribution >= 4 is 11.5 Å². The number of hydrogen-bond acceptors (Lipinski definition) is 5. The fourth-order valence-electron chi connectivity index (χ4n) is 2.41. The van der Waals surface area contributed by atoms with Gasteiger partial charge in [0.2, 0.25) is 11.8 Å². The molecule has 1 N–H and O–H groups in total. The average molecular weight is 314 g/mol. The van der Waals surface area contributed by atoms with E-state index in [2.05, 4.69) is 26.3 Å². The molecule has 0 bridgehead atoms. The number of alkyl halides is 1. The first kappa shape index (κ1) is 15.4. The first-order chi connectivity index (χ1) is 11.0. The Hall–Kier alpha value is -2.50. The lowest BCUT2D eigenvalue weighted by molar-refractivity contribution is 0.234. The monoisotopic (exact) mass is 314 g/mol. The predicted molar refractivity (Wildman–Crippen MR) is 87.3 cm³/mol. The van der Waals surface area contributed by atoms with Crippen molar-refractivity contribution in [3.05, 3.63) is 47.4 Å². The Morgan fingerprint density at radius 3 is 2.74 bits per heavy atom. The molecule has 2 aromatic rings. The molecule has 0 amide bonds. The first-order valence-corrected chi connectivity index (χ1v) is 7.46. The van der Waals surface area contributed by atoms with Gasteiger partial charge in [0, 0.05) is 36.0 Å². The molecular formula is C17H19FN4O. The minimum atomic E-state index is -1.31. The minimum absolute atomic E-state index is 0.175. The zero-order valence-electron chi connectivity index (χ0n) is 13.4. The molecule has 1 aliphatic carbocycles. The van der Waals surface area contributed by atoms with Gasteiger partial charge in [0.05, 0.1) is 19.3 Å². The van der Waals surface area contributed by atoms with Gasteiger partial charge in [0.25, 0.3) is 0 Å².